The molecule has 39 heavy (non-hydrogen) atoms. The van der Waals surface area contributed by atoms with Crippen LogP contribution in [0.5, 0.6) is 11.5 Å². The number of carbonyl (C=O) groups is 2. The van der Waals surface area contributed by atoms with Crippen LogP contribution in [0, 0.1) is 0 Å². The highest BCUT2D eigenvalue weighted by atomic mass is 16.5. The smallest absolute Gasteiger partial charge is 0.306 e. The maximum Gasteiger partial charge on any atom is 0.306 e. The Kier molecular flexibility index (Phi) is 9.07. The second-order valence-electron chi connectivity index (χ2n) is 9.76. The molecule has 1 saturated heterocycles. The van der Waals surface area contributed by atoms with Crippen molar-refractivity contribution >= 4 is 17.6 Å². The predicted octanol–water partition coefficient (Wildman–Crippen LogP) is 5.00. The molecule has 1 aromatic heterocycles. The Labute approximate surface area is 230 Å². The van der Waals surface area contributed by atoms with Gasteiger partial charge < -0.3 is 24.0 Å². The van der Waals surface area contributed by atoms with E-state index < -0.39 is 0 Å². The van der Waals surface area contributed by atoms with Gasteiger partial charge in [-0.15, -0.1) is 0 Å². The number of amides is 1. The summed E-state index contributed by atoms with van der Waals surface area (Å²) in [6, 6.07) is 19.6. The van der Waals surface area contributed by atoms with E-state index in [1.807, 2.05) is 42.2 Å². The topological polar surface area (TPSA) is 81.2 Å². The fourth-order valence-corrected chi connectivity index (χ4v) is 4.96. The molecule has 0 bridgehead atoms. The molecule has 0 unspecified atom stereocenters. The summed E-state index contributed by atoms with van der Waals surface area (Å²) in [5.74, 6) is 0.999. The van der Waals surface area contributed by atoms with Gasteiger partial charge in [-0.05, 0) is 75.2 Å². The number of nitrogens with zero attached hydrogens (tertiary/aromatic N) is 3. The van der Waals surface area contributed by atoms with Crippen LogP contribution in [0.15, 0.2) is 60.7 Å². The lowest BCUT2D eigenvalue weighted by Crippen LogP contribution is -2.58. The molecule has 1 amide bonds. The minimum Gasteiger partial charge on any atom is -0.493 e. The van der Waals surface area contributed by atoms with E-state index in [0.29, 0.717) is 55.4 Å². The highest BCUT2D eigenvalue weighted by Gasteiger charge is 2.33. The fourth-order valence-electron chi connectivity index (χ4n) is 4.96. The van der Waals surface area contributed by atoms with Crippen molar-refractivity contribution in [2.75, 3.05) is 38.8 Å². The summed E-state index contributed by atoms with van der Waals surface area (Å²) in [7, 11) is 3.19. The number of benzene rings is 2. The third kappa shape index (κ3) is 6.50. The first-order chi connectivity index (χ1) is 18.8. The monoisotopic (exact) mass is 531 g/mol. The molecule has 2 atom stereocenters. The van der Waals surface area contributed by atoms with E-state index in [1.165, 1.54) is 0 Å². The lowest BCUT2D eigenvalue weighted by molar-refractivity contribution is -0.143. The number of pyridine rings is 1. The van der Waals surface area contributed by atoms with E-state index in [9.17, 15) is 9.59 Å². The standard InChI is InChI=1S/C31H37N3O5/c1-6-39-30(35)17-12-23-10-14-25(15-11-23)33-19-22(3)34(20-21(33)2)31(36)27-9-7-8-26(32-27)24-13-16-28(37-4)29(18-24)38-5/h7-11,13-16,18,21-22H,6,12,17,19-20H2,1-5H3/t21-,22+/m0/s1. The van der Waals surface area contributed by atoms with Crippen molar-refractivity contribution in [2.24, 2.45) is 0 Å². The van der Waals surface area contributed by atoms with Crippen LogP contribution in [0.4, 0.5) is 5.69 Å². The van der Waals surface area contributed by atoms with E-state index >= 15 is 0 Å². The molecular formula is C31H37N3O5. The second kappa shape index (κ2) is 12.7. The van der Waals surface area contributed by atoms with Gasteiger partial charge in [0.05, 0.1) is 26.5 Å². The molecule has 206 valence electrons. The summed E-state index contributed by atoms with van der Waals surface area (Å²) in [5, 5.41) is 0. The number of carbonyl (C=O) groups excluding carboxylic acids is 2. The summed E-state index contributed by atoms with van der Waals surface area (Å²) in [5.41, 5.74) is 4.17. The average molecular weight is 532 g/mol. The van der Waals surface area contributed by atoms with Gasteiger partial charge in [0.1, 0.15) is 5.69 Å². The van der Waals surface area contributed by atoms with Crippen molar-refractivity contribution in [3.63, 3.8) is 0 Å². The van der Waals surface area contributed by atoms with Gasteiger partial charge in [-0.2, -0.15) is 0 Å². The Balaban J connectivity index is 1.44. The van der Waals surface area contributed by atoms with Crippen LogP contribution >= 0.6 is 0 Å². The second-order valence-corrected chi connectivity index (χ2v) is 9.76. The van der Waals surface area contributed by atoms with Gasteiger partial charge in [-0.3, -0.25) is 9.59 Å². The van der Waals surface area contributed by atoms with Crippen LogP contribution in [0.1, 0.15) is 43.2 Å². The van der Waals surface area contributed by atoms with Crippen molar-refractivity contribution in [1.82, 2.24) is 9.88 Å². The third-order valence-corrected chi connectivity index (χ3v) is 7.09. The number of hydrogen-bond acceptors (Lipinski definition) is 7. The minimum atomic E-state index is -0.173. The van der Waals surface area contributed by atoms with Crippen molar-refractivity contribution < 1.29 is 23.8 Å². The Morgan fingerprint density at radius 3 is 2.36 bits per heavy atom. The predicted molar refractivity (Wildman–Crippen MR) is 151 cm³/mol. The molecule has 0 radical (unpaired) electrons. The Morgan fingerprint density at radius 2 is 1.67 bits per heavy atom. The van der Waals surface area contributed by atoms with Crippen LogP contribution in [0.25, 0.3) is 11.3 Å². The lowest BCUT2D eigenvalue weighted by Gasteiger charge is -2.45. The Bertz CT molecular complexity index is 1290. The van der Waals surface area contributed by atoms with Crippen LogP contribution in [-0.2, 0) is 16.0 Å². The molecule has 8 nitrogen and oxygen atoms in total. The maximum atomic E-state index is 13.6. The highest BCUT2D eigenvalue weighted by molar-refractivity contribution is 5.93. The number of methoxy groups -OCH3 is 2. The number of hydrogen-bond donors (Lipinski definition) is 0. The number of rotatable bonds is 9. The van der Waals surface area contributed by atoms with Crippen molar-refractivity contribution in [2.45, 2.75) is 45.7 Å². The Morgan fingerprint density at radius 1 is 0.923 bits per heavy atom. The largest absolute Gasteiger partial charge is 0.493 e. The molecule has 1 fully saturated rings. The van der Waals surface area contributed by atoms with Crippen LogP contribution in [-0.4, -0.2) is 67.8 Å². The van der Waals surface area contributed by atoms with E-state index in [1.54, 1.807) is 20.3 Å². The quantitative estimate of drug-likeness (QED) is 0.360. The molecule has 1 aliphatic rings. The van der Waals surface area contributed by atoms with Crippen molar-refractivity contribution in [3.05, 3.63) is 71.9 Å². The summed E-state index contributed by atoms with van der Waals surface area (Å²) < 4.78 is 15.8. The van der Waals surface area contributed by atoms with E-state index in [4.69, 9.17) is 19.2 Å². The maximum absolute atomic E-state index is 13.6. The summed E-state index contributed by atoms with van der Waals surface area (Å²) in [4.78, 5) is 34.2. The first-order valence-electron chi connectivity index (χ1n) is 13.4. The SMILES string of the molecule is CCOC(=O)CCc1ccc(N2C[C@@H](C)N(C(=O)c3cccc(-c4ccc(OC)c(OC)c4)n3)C[C@@H]2C)cc1. The van der Waals surface area contributed by atoms with Gasteiger partial charge in [0.25, 0.3) is 5.91 Å². The molecule has 0 saturated carbocycles. The van der Waals surface area contributed by atoms with Gasteiger partial charge in [0.2, 0.25) is 0 Å². The summed E-state index contributed by atoms with van der Waals surface area (Å²) in [6.07, 6.45) is 1.03. The van der Waals surface area contributed by atoms with Crippen molar-refractivity contribution in [1.29, 1.82) is 0 Å². The average Bonchev–Trinajstić information content (AvgIpc) is 2.96. The molecule has 2 aromatic carbocycles. The fraction of sp³-hybridized carbons (Fsp3) is 0.387. The molecule has 8 heteroatoms. The summed E-state index contributed by atoms with van der Waals surface area (Å²) >= 11 is 0. The van der Waals surface area contributed by atoms with Crippen LogP contribution in [0.3, 0.4) is 0 Å². The first-order valence-corrected chi connectivity index (χ1v) is 13.4. The molecule has 1 aliphatic heterocycles. The zero-order chi connectivity index (χ0) is 27.9. The zero-order valence-electron chi connectivity index (χ0n) is 23.3. The van der Waals surface area contributed by atoms with Gasteiger partial charge in [-0.1, -0.05) is 18.2 Å². The number of ether oxygens (including phenoxy) is 3. The molecule has 0 N–H and O–H groups in total. The van der Waals surface area contributed by atoms with E-state index in [-0.39, 0.29) is 24.0 Å². The zero-order valence-corrected chi connectivity index (χ0v) is 23.3. The lowest BCUT2D eigenvalue weighted by atomic mass is 10.0. The van der Waals surface area contributed by atoms with Crippen LogP contribution < -0.4 is 14.4 Å². The minimum absolute atomic E-state index is 0.00345. The number of piperazine rings is 1. The number of esters is 1. The van der Waals surface area contributed by atoms with E-state index in [2.05, 4.69) is 43.0 Å². The summed E-state index contributed by atoms with van der Waals surface area (Å²) in [6.45, 7) is 7.73. The molecular weight excluding hydrogens is 494 g/mol. The normalized spacial score (nSPS) is 17.1. The molecule has 4 rings (SSSR count). The first kappa shape index (κ1) is 28.0. The van der Waals surface area contributed by atoms with Gasteiger partial charge in [-0.25, -0.2) is 4.98 Å². The molecule has 3 aromatic rings. The Hall–Kier alpha value is -4.07. The highest BCUT2D eigenvalue weighted by Crippen LogP contribution is 2.32. The van der Waals surface area contributed by atoms with Crippen molar-refractivity contribution in [3.8, 4) is 22.8 Å². The van der Waals surface area contributed by atoms with Gasteiger partial charge in [0.15, 0.2) is 11.5 Å². The molecule has 0 spiro atoms. The molecule has 2 heterocycles. The third-order valence-electron chi connectivity index (χ3n) is 7.09. The number of anilines is 1. The number of aryl methyl sites for hydroxylation is 1. The molecule has 0 aliphatic carbocycles. The number of aromatic nitrogens is 1. The van der Waals surface area contributed by atoms with Crippen LogP contribution in [0.2, 0.25) is 0 Å². The van der Waals surface area contributed by atoms with E-state index in [0.717, 1.165) is 16.8 Å². The van der Waals surface area contributed by atoms with Gasteiger partial charge in [0, 0.05) is 42.8 Å². The van der Waals surface area contributed by atoms with Gasteiger partial charge >= 0.3 is 5.97 Å².